The van der Waals surface area contributed by atoms with Crippen molar-refractivity contribution in [2.75, 3.05) is 26.4 Å². The summed E-state index contributed by atoms with van der Waals surface area (Å²) in [5.74, 6) is -2.28. The molecule has 0 radical (unpaired) electrons. The van der Waals surface area contributed by atoms with Crippen LogP contribution in [-0.2, 0) is 42.9 Å². The zero-order valence-electron chi connectivity index (χ0n) is 20.1. The maximum Gasteiger partial charge on any atom is 0.407 e. The van der Waals surface area contributed by atoms with E-state index in [2.05, 4.69) is 18.5 Å². The molecular formula is C23H35NO10. The summed E-state index contributed by atoms with van der Waals surface area (Å²) in [5, 5.41) is 2.45. The Morgan fingerprint density at radius 3 is 1.85 bits per heavy atom. The van der Waals surface area contributed by atoms with Gasteiger partial charge in [-0.15, -0.1) is 0 Å². The SMILES string of the molecule is C=CC(=O)OCCOC(=O)CCCCC[C@H](NC(=O)OCCOC(=O)C=C)C(=O)OC(C)(C)C. The van der Waals surface area contributed by atoms with Crippen LogP contribution in [0.15, 0.2) is 25.3 Å². The van der Waals surface area contributed by atoms with Crippen molar-refractivity contribution in [3.8, 4) is 0 Å². The van der Waals surface area contributed by atoms with Crippen molar-refractivity contribution in [3.05, 3.63) is 25.3 Å². The fourth-order valence-electron chi connectivity index (χ4n) is 2.36. The van der Waals surface area contributed by atoms with Crippen LogP contribution in [0.5, 0.6) is 0 Å². The van der Waals surface area contributed by atoms with E-state index in [1.54, 1.807) is 20.8 Å². The molecule has 0 aliphatic heterocycles. The molecule has 0 aromatic carbocycles. The first-order valence-corrected chi connectivity index (χ1v) is 10.9. The maximum absolute atomic E-state index is 12.5. The highest BCUT2D eigenvalue weighted by Gasteiger charge is 2.27. The Labute approximate surface area is 199 Å². The van der Waals surface area contributed by atoms with Gasteiger partial charge >= 0.3 is 30.0 Å². The van der Waals surface area contributed by atoms with Crippen LogP contribution in [-0.4, -0.2) is 68.0 Å². The van der Waals surface area contributed by atoms with Gasteiger partial charge < -0.3 is 29.0 Å². The zero-order valence-corrected chi connectivity index (χ0v) is 20.1. The van der Waals surface area contributed by atoms with Crippen molar-refractivity contribution in [3.63, 3.8) is 0 Å². The third kappa shape index (κ3) is 17.2. The van der Waals surface area contributed by atoms with Gasteiger partial charge in [0.05, 0.1) is 0 Å². The molecule has 0 unspecified atom stereocenters. The minimum Gasteiger partial charge on any atom is -0.462 e. The highest BCUT2D eigenvalue weighted by Crippen LogP contribution is 2.13. The van der Waals surface area contributed by atoms with Crippen LogP contribution in [0.1, 0.15) is 52.9 Å². The molecule has 1 N–H and O–H groups in total. The van der Waals surface area contributed by atoms with Gasteiger partial charge in [0.25, 0.3) is 0 Å². The van der Waals surface area contributed by atoms with E-state index in [9.17, 15) is 24.0 Å². The number of rotatable bonds is 16. The molecule has 11 nitrogen and oxygen atoms in total. The van der Waals surface area contributed by atoms with Crippen LogP contribution in [0.3, 0.4) is 0 Å². The van der Waals surface area contributed by atoms with Gasteiger partial charge in [0, 0.05) is 18.6 Å². The van der Waals surface area contributed by atoms with Gasteiger partial charge in [-0.3, -0.25) is 4.79 Å². The first kappa shape index (κ1) is 30.6. The summed E-state index contributed by atoms with van der Waals surface area (Å²) in [6.07, 6.45) is 3.19. The van der Waals surface area contributed by atoms with Gasteiger partial charge in [-0.1, -0.05) is 26.0 Å². The van der Waals surface area contributed by atoms with Crippen LogP contribution >= 0.6 is 0 Å². The van der Waals surface area contributed by atoms with Gasteiger partial charge in [-0.2, -0.15) is 0 Å². The van der Waals surface area contributed by atoms with Gasteiger partial charge in [-0.25, -0.2) is 19.2 Å². The Kier molecular flexibility index (Phi) is 15.5. The molecule has 34 heavy (non-hydrogen) atoms. The molecule has 0 aliphatic rings. The van der Waals surface area contributed by atoms with Crippen LogP contribution in [0.25, 0.3) is 0 Å². The lowest BCUT2D eigenvalue weighted by molar-refractivity contribution is -0.157. The zero-order chi connectivity index (χ0) is 26.0. The van der Waals surface area contributed by atoms with E-state index < -0.39 is 41.6 Å². The Balaban J connectivity index is 4.38. The van der Waals surface area contributed by atoms with Gasteiger partial charge in [0.2, 0.25) is 0 Å². The number of carbonyl (C=O) groups is 5. The number of carbonyl (C=O) groups excluding carboxylic acids is 5. The minimum absolute atomic E-state index is 0.0437. The summed E-state index contributed by atoms with van der Waals surface area (Å²) in [6.45, 7) is 11.2. The maximum atomic E-state index is 12.5. The quantitative estimate of drug-likeness (QED) is 0.150. The topological polar surface area (TPSA) is 144 Å². The number of nitrogens with one attached hydrogen (secondary N) is 1. The molecule has 0 heterocycles. The van der Waals surface area contributed by atoms with E-state index in [-0.39, 0.29) is 39.3 Å². The fourth-order valence-corrected chi connectivity index (χ4v) is 2.36. The third-order valence-corrected chi connectivity index (χ3v) is 3.84. The van der Waals surface area contributed by atoms with Gasteiger partial charge in [0.1, 0.15) is 38.1 Å². The van der Waals surface area contributed by atoms with Crippen molar-refractivity contribution in [1.82, 2.24) is 5.32 Å². The normalized spacial score (nSPS) is 11.4. The molecule has 0 bridgehead atoms. The molecule has 0 aromatic heterocycles. The molecule has 0 rings (SSSR count). The van der Waals surface area contributed by atoms with E-state index in [0.29, 0.717) is 19.3 Å². The predicted molar refractivity (Wildman–Crippen MR) is 120 cm³/mol. The molecule has 1 atom stereocenters. The van der Waals surface area contributed by atoms with E-state index >= 15 is 0 Å². The monoisotopic (exact) mass is 485 g/mol. The summed E-state index contributed by atoms with van der Waals surface area (Å²) < 4.78 is 24.6. The van der Waals surface area contributed by atoms with Crippen LogP contribution < -0.4 is 5.32 Å². The van der Waals surface area contributed by atoms with E-state index in [4.69, 9.17) is 23.7 Å². The largest absolute Gasteiger partial charge is 0.462 e. The molecule has 0 aromatic rings. The first-order valence-electron chi connectivity index (χ1n) is 10.9. The molecule has 0 aliphatic carbocycles. The second-order valence-corrected chi connectivity index (χ2v) is 7.93. The Morgan fingerprint density at radius 1 is 0.794 bits per heavy atom. The Morgan fingerprint density at radius 2 is 1.32 bits per heavy atom. The van der Waals surface area contributed by atoms with Crippen molar-refractivity contribution >= 4 is 30.0 Å². The molecule has 192 valence electrons. The lowest BCUT2D eigenvalue weighted by atomic mass is 10.1. The smallest absolute Gasteiger partial charge is 0.407 e. The van der Waals surface area contributed by atoms with Gasteiger partial charge in [0.15, 0.2) is 0 Å². The second kappa shape index (κ2) is 17.2. The van der Waals surface area contributed by atoms with Crippen LogP contribution in [0, 0.1) is 0 Å². The number of hydrogen-bond donors (Lipinski definition) is 1. The molecule has 0 fully saturated rings. The average Bonchev–Trinajstić information content (AvgIpc) is 2.76. The summed E-state index contributed by atoms with van der Waals surface area (Å²) in [6, 6.07) is -0.950. The van der Waals surface area contributed by atoms with E-state index in [1.807, 2.05) is 0 Å². The second-order valence-electron chi connectivity index (χ2n) is 7.93. The minimum atomic E-state index is -0.950. The van der Waals surface area contributed by atoms with Crippen molar-refractivity contribution in [2.45, 2.75) is 64.5 Å². The summed E-state index contributed by atoms with van der Waals surface area (Å²) >= 11 is 0. The third-order valence-electron chi connectivity index (χ3n) is 3.84. The Bertz CT molecular complexity index is 711. The standard InChI is InChI=1S/C23H35NO10/c1-6-18(25)30-13-14-32-20(27)12-10-8-9-11-17(21(28)34-23(3,4)5)24-22(29)33-16-15-31-19(26)7-2/h6-7,17H,1-2,8-16H2,3-5H3,(H,24,29)/t17-/m0/s1. The Hall–Kier alpha value is -3.37. The number of alkyl carbamates (subject to hydrolysis) is 1. The fraction of sp³-hybridized carbons (Fsp3) is 0.609. The van der Waals surface area contributed by atoms with Crippen molar-refractivity contribution in [1.29, 1.82) is 0 Å². The number of esters is 4. The molecule has 11 heteroatoms. The highest BCUT2D eigenvalue weighted by atomic mass is 16.6. The van der Waals surface area contributed by atoms with Crippen LogP contribution in [0.4, 0.5) is 4.79 Å². The molecule has 1 amide bonds. The lowest BCUT2D eigenvalue weighted by Crippen LogP contribution is -2.44. The lowest BCUT2D eigenvalue weighted by Gasteiger charge is -2.24. The number of unbranched alkanes of at least 4 members (excludes halogenated alkanes) is 2. The first-order chi connectivity index (χ1) is 16.0. The summed E-state index contributed by atoms with van der Waals surface area (Å²) in [4.78, 5) is 58.0. The average molecular weight is 486 g/mol. The van der Waals surface area contributed by atoms with Crippen LogP contribution in [0.2, 0.25) is 0 Å². The highest BCUT2D eigenvalue weighted by molar-refractivity contribution is 5.82. The molecular weight excluding hydrogens is 450 g/mol. The molecule has 0 saturated carbocycles. The van der Waals surface area contributed by atoms with Crippen molar-refractivity contribution in [2.24, 2.45) is 0 Å². The predicted octanol–water partition coefficient (Wildman–Crippen LogP) is 2.38. The molecule has 0 saturated heterocycles. The van der Waals surface area contributed by atoms with E-state index in [0.717, 1.165) is 12.2 Å². The summed E-state index contributed by atoms with van der Waals surface area (Å²) in [5.41, 5.74) is -0.746. The molecule has 0 spiro atoms. The van der Waals surface area contributed by atoms with Crippen molar-refractivity contribution < 1.29 is 47.7 Å². The number of hydrogen-bond acceptors (Lipinski definition) is 10. The number of amides is 1. The number of ether oxygens (including phenoxy) is 5. The van der Waals surface area contributed by atoms with E-state index in [1.165, 1.54) is 0 Å². The summed E-state index contributed by atoms with van der Waals surface area (Å²) in [7, 11) is 0. The van der Waals surface area contributed by atoms with Gasteiger partial charge in [-0.05, 0) is 33.6 Å².